The van der Waals surface area contributed by atoms with Gasteiger partial charge in [-0.2, -0.15) is 5.10 Å². The molecule has 1 heterocycles. The number of ether oxygens (including phenoxy) is 1. The number of aryl methyl sites for hydroxylation is 2. The van der Waals surface area contributed by atoms with E-state index in [9.17, 15) is 18.0 Å². The number of rotatable bonds is 5. The van der Waals surface area contributed by atoms with Crippen LogP contribution in [0.25, 0.3) is 0 Å². The van der Waals surface area contributed by atoms with E-state index in [2.05, 4.69) is 5.10 Å². The fraction of sp³-hybridized carbons (Fsp3) is 0.227. The van der Waals surface area contributed by atoms with Gasteiger partial charge in [0.25, 0.3) is 0 Å². The minimum atomic E-state index is -3.44. The number of nitrogens with zero attached hydrogens (tertiary/aromatic N) is 2. The van der Waals surface area contributed by atoms with Crippen LogP contribution < -0.4 is 4.74 Å². The molecule has 1 aromatic heterocycles. The molecular formula is C22H22N2O5S. The molecule has 2 aromatic carbocycles. The van der Waals surface area contributed by atoms with E-state index < -0.39 is 21.6 Å². The van der Waals surface area contributed by atoms with E-state index in [-0.39, 0.29) is 16.3 Å². The quantitative estimate of drug-likeness (QED) is 0.459. The van der Waals surface area contributed by atoms with Crippen molar-refractivity contribution in [1.82, 2.24) is 9.78 Å². The highest BCUT2D eigenvalue weighted by Crippen LogP contribution is 2.30. The van der Waals surface area contributed by atoms with Crippen LogP contribution in [0.5, 0.6) is 5.88 Å². The molecule has 0 spiro atoms. The number of carbonyl (C=O) groups is 2. The lowest BCUT2D eigenvalue weighted by molar-refractivity contribution is 0.0718. The van der Waals surface area contributed by atoms with Crippen LogP contribution in [0.4, 0.5) is 0 Å². The van der Waals surface area contributed by atoms with Crippen LogP contribution in [-0.4, -0.2) is 36.2 Å². The summed E-state index contributed by atoms with van der Waals surface area (Å²) in [7, 11) is -1.87. The molecule has 0 unspecified atom stereocenters. The molecule has 0 aliphatic rings. The first-order chi connectivity index (χ1) is 14.0. The third-order valence-corrected chi connectivity index (χ3v) is 6.34. The zero-order valence-electron chi connectivity index (χ0n) is 17.4. The fourth-order valence-electron chi connectivity index (χ4n) is 3.43. The van der Waals surface area contributed by atoms with Gasteiger partial charge in [0.05, 0.1) is 16.7 Å². The third-order valence-electron chi connectivity index (χ3n) is 4.97. The molecule has 3 rings (SSSR count). The largest absolute Gasteiger partial charge is 0.403 e. The molecule has 0 atom stereocenters. The van der Waals surface area contributed by atoms with Crippen molar-refractivity contribution < 1.29 is 22.7 Å². The standard InChI is InChI=1S/C22H22N2O5S/c1-13-11-17(14(2)15(3)20(13)30(5,27)28)19(25)18-12-23-24(4)21(18)29-22(26)16-9-7-6-8-10-16/h6-12H,1-5H3. The number of hydrogen-bond acceptors (Lipinski definition) is 6. The van der Waals surface area contributed by atoms with Crippen LogP contribution in [0.2, 0.25) is 0 Å². The van der Waals surface area contributed by atoms with Gasteiger partial charge in [0.2, 0.25) is 5.88 Å². The maximum Gasteiger partial charge on any atom is 0.344 e. The summed E-state index contributed by atoms with van der Waals surface area (Å²) in [6.07, 6.45) is 2.48. The Morgan fingerprint density at radius 3 is 2.23 bits per heavy atom. The molecule has 3 aromatic rings. The van der Waals surface area contributed by atoms with Crippen molar-refractivity contribution in [3.63, 3.8) is 0 Å². The first kappa shape index (κ1) is 21.4. The highest BCUT2D eigenvalue weighted by molar-refractivity contribution is 7.90. The monoisotopic (exact) mass is 426 g/mol. The molecule has 156 valence electrons. The molecule has 0 aliphatic heterocycles. The van der Waals surface area contributed by atoms with Crippen molar-refractivity contribution in [2.45, 2.75) is 25.7 Å². The Hall–Kier alpha value is -3.26. The van der Waals surface area contributed by atoms with E-state index in [1.54, 1.807) is 64.2 Å². The van der Waals surface area contributed by atoms with Crippen LogP contribution >= 0.6 is 0 Å². The van der Waals surface area contributed by atoms with E-state index >= 15 is 0 Å². The predicted molar refractivity (Wildman–Crippen MR) is 112 cm³/mol. The van der Waals surface area contributed by atoms with Gasteiger partial charge in [-0.15, -0.1) is 0 Å². The van der Waals surface area contributed by atoms with Crippen LogP contribution in [-0.2, 0) is 16.9 Å². The van der Waals surface area contributed by atoms with Gasteiger partial charge in [-0.05, 0) is 55.7 Å². The van der Waals surface area contributed by atoms with Crippen molar-refractivity contribution in [2.24, 2.45) is 7.05 Å². The maximum atomic E-state index is 13.3. The molecule has 0 bridgehead atoms. The van der Waals surface area contributed by atoms with Gasteiger partial charge < -0.3 is 4.74 Å². The number of aromatic nitrogens is 2. The summed E-state index contributed by atoms with van der Waals surface area (Å²) in [5.74, 6) is -0.983. The normalized spacial score (nSPS) is 11.4. The van der Waals surface area contributed by atoms with E-state index in [0.29, 0.717) is 27.8 Å². The van der Waals surface area contributed by atoms with Crippen LogP contribution in [0.1, 0.15) is 43.0 Å². The second-order valence-electron chi connectivity index (χ2n) is 7.16. The Kier molecular flexibility index (Phi) is 5.63. The average molecular weight is 426 g/mol. The Bertz CT molecular complexity index is 1260. The van der Waals surface area contributed by atoms with E-state index in [0.717, 1.165) is 6.26 Å². The smallest absolute Gasteiger partial charge is 0.344 e. The summed E-state index contributed by atoms with van der Waals surface area (Å²) in [6, 6.07) is 9.98. The van der Waals surface area contributed by atoms with Gasteiger partial charge >= 0.3 is 5.97 Å². The Balaban J connectivity index is 2.05. The number of sulfone groups is 1. The van der Waals surface area contributed by atoms with E-state index in [4.69, 9.17) is 4.74 Å². The Labute approximate surface area is 175 Å². The molecule has 0 saturated carbocycles. The van der Waals surface area contributed by atoms with E-state index in [1.165, 1.54) is 10.9 Å². The number of hydrogen-bond donors (Lipinski definition) is 0. The third kappa shape index (κ3) is 3.91. The number of benzene rings is 2. The number of esters is 1. The lowest BCUT2D eigenvalue weighted by Crippen LogP contribution is -2.15. The molecule has 0 amide bonds. The minimum Gasteiger partial charge on any atom is -0.403 e. The van der Waals surface area contributed by atoms with Crippen molar-refractivity contribution in [3.05, 3.63) is 76.0 Å². The van der Waals surface area contributed by atoms with Gasteiger partial charge in [0, 0.05) is 18.9 Å². The molecule has 0 saturated heterocycles. The highest BCUT2D eigenvalue weighted by Gasteiger charge is 2.26. The van der Waals surface area contributed by atoms with Gasteiger partial charge in [-0.25, -0.2) is 17.9 Å². The van der Waals surface area contributed by atoms with Gasteiger partial charge in [-0.3, -0.25) is 4.79 Å². The van der Waals surface area contributed by atoms with Crippen LogP contribution in [0.3, 0.4) is 0 Å². The topological polar surface area (TPSA) is 95.3 Å². The minimum absolute atomic E-state index is 0.0238. The Morgan fingerprint density at radius 2 is 1.63 bits per heavy atom. The van der Waals surface area contributed by atoms with Crippen molar-refractivity contribution >= 4 is 21.6 Å². The summed E-state index contributed by atoms with van der Waals surface area (Å²) in [5.41, 5.74) is 2.36. The number of carbonyl (C=O) groups excluding carboxylic acids is 2. The summed E-state index contributed by atoms with van der Waals surface area (Å²) in [6.45, 7) is 5.02. The van der Waals surface area contributed by atoms with Crippen molar-refractivity contribution in [2.75, 3.05) is 6.26 Å². The second kappa shape index (κ2) is 7.87. The van der Waals surface area contributed by atoms with E-state index in [1.807, 2.05) is 0 Å². The average Bonchev–Trinajstić information content (AvgIpc) is 3.04. The fourth-order valence-corrected chi connectivity index (χ4v) is 4.79. The lowest BCUT2D eigenvalue weighted by Gasteiger charge is -2.15. The molecule has 0 N–H and O–H groups in total. The highest BCUT2D eigenvalue weighted by atomic mass is 32.2. The molecule has 0 fully saturated rings. The summed E-state index contributed by atoms with van der Waals surface area (Å²) in [5, 5.41) is 4.06. The molecule has 7 nitrogen and oxygen atoms in total. The summed E-state index contributed by atoms with van der Waals surface area (Å²) >= 11 is 0. The van der Waals surface area contributed by atoms with Crippen molar-refractivity contribution in [3.8, 4) is 5.88 Å². The summed E-state index contributed by atoms with van der Waals surface area (Å²) < 4.78 is 31.1. The zero-order valence-corrected chi connectivity index (χ0v) is 18.2. The molecule has 8 heteroatoms. The maximum absolute atomic E-state index is 13.3. The summed E-state index contributed by atoms with van der Waals surface area (Å²) in [4.78, 5) is 26.0. The predicted octanol–water partition coefficient (Wildman–Crippen LogP) is 3.20. The molecule has 0 aliphatic carbocycles. The molecule has 30 heavy (non-hydrogen) atoms. The molecule has 0 radical (unpaired) electrons. The first-order valence-electron chi connectivity index (χ1n) is 9.17. The zero-order chi connectivity index (χ0) is 22.2. The molecular weight excluding hydrogens is 404 g/mol. The van der Waals surface area contributed by atoms with Gasteiger partial charge in [-0.1, -0.05) is 18.2 Å². The first-order valence-corrected chi connectivity index (χ1v) is 11.1. The Morgan fingerprint density at radius 1 is 1.00 bits per heavy atom. The number of ketones is 1. The second-order valence-corrected chi connectivity index (χ2v) is 9.12. The lowest BCUT2D eigenvalue weighted by atomic mass is 9.95. The van der Waals surface area contributed by atoms with Crippen LogP contribution in [0.15, 0.2) is 47.5 Å². The van der Waals surface area contributed by atoms with Crippen molar-refractivity contribution in [1.29, 1.82) is 0 Å². The van der Waals surface area contributed by atoms with Gasteiger partial charge in [0.1, 0.15) is 5.56 Å². The van der Waals surface area contributed by atoms with Crippen LogP contribution in [0, 0.1) is 20.8 Å². The SMILES string of the molecule is Cc1cc(C(=O)c2cnn(C)c2OC(=O)c2ccccc2)c(C)c(C)c1S(C)(=O)=O. The van der Waals surface area contributed by atoms with Gasteiger partial charge in [0.15, 0.2) is 15.6 Å².